The molecule has 0 amide bonds. The van der Waals surface area contributed by atoms with Gasteiger partial charge in [0, 0.05) is 12.6 Å². The topological polar surface area (TPSA) is 61.3 Å². The number of hydrogen-bond donors (Lipinski definition) is 2. The fraction of sp³-hybridized carbons (Fsp3) is 0.250. The molecule has 2 N–H and O–H groups in total. The molecule has 166 valence electrons. The maximum Gasteiger partial charge on any atom is 0.266 e. The van der Waals surface area contributed by atoms with Crippen LogP contribution >= 0.6 is 0 Å². The number of aliphatic hydroxyl groups is 1. The van der Waals surface area contributed by atoms with E-state index in [1.165, 1.54) is 18.5 Å². The molecule has 1 aliphatic rings. The van der Waals surface area contributed by atoms with Crippen molar-refractivity contribution in [3.8, 4) is 0 Å². The van der Waals surface area contributed by atoms with Gasteiger partial charge < -0.3 is 15.3 Å². The van der Waals surface area contributed by atoms with Crippen LogP contribution < -0.4 is 10.2 Å². The number of likely N-dealkylation sites (N-methyl/N-ethyl adjacent to an activating group) is 1. The highest BCUT2D eigenvalue weighted by Crippen LogP contribution is 2.36. The van der Waals surface area contributed by atoms with E-state index in [9.17, 15) is 18.3 Å². The van der Waals surface area contributed by atoms with E-state index in [2.05, 4.69) is 15.3 Å². The monoisotopic (exact) mass is 440 g/mol. The fourth-order valence-electron chi connectivity index (χ4n) is 3.87. The van der Waals surface area contributed by atoms with Crippen LogP contribution in [0.1, 0.15) is 41.6 Å². The minimum absolute atomic E-state index is 0.118. The second-order valence-corrected chi connectivity index (χ2v) is 7.74. The molecule has 0 fully saturated rings. The third kappa shape index (κ3) is 4.18. The first-order valence-corrected chi connectivity index (χ1v) is 10.2. The molecule has 0 aliphatic carbocycles. The summed E-state index contributed by atoms with van der Waals surface area (Å²) < 4.78 is 40.8. The Morgan fingerprint density at radius 1 is 1.06 bits per heavy atom. The van der Waals surface area contributed by atoms with E-state index in [-0.39, 0.29) is 5.56 Å². The lowest BCUT2D eigenvalue weighted by molar-refractivity contribution is 0.146. The Balaban J connectivity index is 1.68. The minimum Gasteiger partial charge on any atom is -0.370 e. The van der Waals surface area contributed by atoms with Crippen LogP contribution in [0.5, 0.6) is 0 Å². The van der Waals surface area contributed by atoms with Gasteiger partial charge in [0.2, 0.25) is 0 Å². The molecule has 1 aromatic heterocycles. The van der Waals surface area contributed by atoms with Crippen LogP contribution in [0.3, 0.4) is 0 Å². The molecule has 0 spiro atoms. The molecule has 1 aliphatic heterocycles. The van der Waals surface area contributed by atoms with Crippen LogP contribution in [-0.2, 0) is 6.42 Å². The van der Waals surface area contributed by atoms with Crippen molar-refractivity contribution < 1.29 is 18.3 Å². The average molecular weight is 440 g/mol. The predicted octanol–water partition coefficient (Wildman–Crippen LogP) is 5.12. The Labute approximate surface area is 184 Å². The standard InChI is InChI=1S/C24H23F3N4O/c1-14(17-9-6-10-18(20(17)25)21(26)27)30-22-19-12-16(11-15-7-4-3-5-8-15)24(32)31(2)23(19)29-13-28-22/h3-10,12-14,21,24,32H,11H2,1-2H3,(H,28,29,30)/t14-,24?/m1/s1. The van der Waals surface area contributed by atoms with Crippen LogP contribution in [-0.4, -0.2) is 28.4 Å². The van der Waals surface area contributed by atoms with Gasteiger partial charge in [0.05, 0.1) is 17.2 Å². The van der Waals surface area contributed by atoms with Crippen LogP contribution in [0.25, 0.3) is 6.08 Å². The molecule has 5 nitrogen and oxygen atoms in total. The number of anilines is 2. The average Bonchev–Trinajstić information content (AvgIpc) is 2.78. The summed E-state index contributed by atoms with van der Waals surface area (Å²) in [4.78, 5) is 10.2. The van der Waals surface area contributed by atoms with Crippen molar-refractivity contribution in [1.29, 1.82) is 0 Å². The number of benzene rings is 2. The van der Waals surface area contributed by atoms with Gasteiger partial charge in [0.15, 0.2) is 6.23 Å². The zero-order valence-electron chi connectivity index (χ0n) is 17.6. The zero-order valence-corrected chi connectivity index (χ0v) is 17.6. The summed E-state index contributed by atoms with van der Waals surface area (Å²) in [5, 5.41) is 13.9. The molecule has 2 atom stereocenters. The summed E-state index contributed by atoms with van der Waals surface area (Å²) in [7, 11) is 1.73. The molecule has 1 unspecified atom stereocenters. The molecular weight excluding hydrogens is 417 g/mol. The van der Waals surface area contributed by atoms with Gasteiger partial charge in [-0.1, -0.05) is 48.5 Å². The van der Waals surface area contributed by atoms with Gasteiger partial charge in [-0.2, -0.15) is 0 Å². The highest BCUT2D eigenvalue weighted by atomic mass is 19.3. The second-order valence-electron chi connectivity index (χ2n) is 7.74. The Hall–Kier alpha value is -3.39. The number of aromatic nitrogens is 2. The van der Waals surface area contributed by atoms with E-state index in [1.54, 1.807) is 18.9 Å². The van der Waals surface area contributed by atoms with Crippen molar-refractivity contribution in [1.82, 2.24) is 9.97 Å². The Morgan fingerprint density at radius 2 is 1.78 bits per heavy atom. The van der Waals surface area contributed by atoms with E-state index in [1.807, 2.05) is 36.4 Å². The fourth-order valence-corrected chi connectivity index (χ4v) is 3.87. The molecule has 0 saturated heterocycles. The van der Waals surface area contributed by atoms with Crippen molar-refractivity contribution in [2.75, 3.05) is 17.3 Å². The summed E-state index contributed by atoms with van der Waals surface area (Å²) in [6.07, 6.45) is -0.0519. The van der Waals surface area contributed by atoms with Gasteiger partial charge in [-0.15, -0.1) is 0 Å². The Morgan fingerprint density at radius 3 is 2.50 bits per heavy atom. The van der Waals surface area contributed by atoms with Crippen molar-refractivity contribution in [2.24, 2.45) is 0 Å². The molecule has 2 aromatic carbocycles. The largest absolute Gasteiger partial charge is 0.370 e. The maximum atomic E-state index is 14.6. The Kier molecular flexibility index (Phi) is 6.14. The first kappa shape index (κ1) is 21.8. The molecular formula is C24H23F3N4O. The van der Waals surface area contributed by atoms with Crippen LogP contribution in [0.15, 0.2) is 60.4 Å². The normalized spacial score (nSPS) is 16.5. The van der Waals surface area contributed by atoms with Gasteiger partial charge >= 0.3 is 0 Å². The van der Waals surface area contributed by atoms with Crippen LogP contribution in [0, 0.1) is 5.82 Å². The minimum atomic E-state index is -2.90. The summed E-state index contributed by atoms with van der Waals surface area (Å²) in [6, 6.07) is 13.1. The number of halogens is 3. The zero-order chi connectivity index (χ0) is 22.8. The first-order chi connectivity index (χ1) is 15.4. The lowest BCUT2D eigenvalue weighted by Gasteiger charge is -2.33. The van der Waals surface area contributed by atoms with Crippen molar-refractivity contribution in [3.63, 3.8) is 0 Å². The van der Waals surface area contributed by atoms with E-state index in [0.717, 1.165) is 17.2 Å². The highest BCUT2D eigenvalue weighted by molar-refractivity contribution is 5.78. The molecule has 3 aromatic rings. The lowest BCUT2D eigenvalue weighted by atomic mass is 9.97. The van der Waals surface area contributed by atoms with E-state index >= 15 is 0 Å². The molecule has 2 heterocycles. The van der Waals surface area contributed by atoms with Crippen LogP contribution in [0.4, 0.5) is 24.8 Å². The second kappa shape index (κ2) is 9.00. The maximum absolute atomic E-state index is 14.6. The lowest BCUT2D eigenvalue weighted by Crippen LogP contribution is -2.37. The number of nitrogens with zero attached hydrogens (tertiary/aromatic N) is 3. The van der Waals surface area contributed by atoms with E-state index < -0.39 is 30.1 Å². The summed E-state index contributed by atoms with van der Waals surface area (Å²) in [6.45, 7) is 1.68. The number of fused-ring (bicyclic) bond motifs is 1. The third-order valence-electron chi connectivity index (χ3n) is 5.59. The first-order valence-electron chi connectivity index (χ1n) is 10.2. The predicted molar refractivity (Wildman–Crippen MR) is 118 cm³/mol. The Bertz CT molecular complexity index is 1140. The van der Waals surface area contributed by atoms with Gasteiger partial charge in [0.25, 0.3) is 6.43 Å². The molecule has 0 saturated carbocycles. The third-order valence-corrected chi connectivity index (χ3v) is 5.59. The molecule has 4 rings (SSSR count). The number of aliphatic hydroxyl groups excluding tert-OH is 1. The van der Waals surface area contributed by atoms with E-state index in [4.69, 9.17) is 0 Å². The summed E-state index contributed by atoms with van der Waals surface area (Å²) in [5.74, 6) is 0.00718. The number of nitrogens with one attached hydrogen (secondary N) is 1. The SMILES string of the molecule is C[C@@H](Nc1ncnc2c1C=C(Cc1ccccc1)C(O)N2C)c1cccc(C(F)F)c1F. The smallest absolute Gasteiger partial charge is 0.266 e. The summed E-state index contributed by atoms with van der Waals surface area (Å²) in [5.41, 5.74) is 1.92. The summed E-state index contributed by atoms with van der Waals surface area (Å²) >= 11 is 0. The highest BCUT2D eigenvalue weighted by Gasteiger charge is 2.28. The molecule has 0 bridgehead atoms. The van der Waals surface area contributed by atoms with Gasteiger partial charge in [0.1, 0.15) is 23.8 Å². The molecule has 8 heteroatoms. The van der Waals surface area contributed by atoms with Gasteiger partial charge in [-0.3, -0.25) is 0 Å². The van der Waals surface area contributed by atoms with Gasteiger partial charge in [-0.05, 0) is 30.6 Å². The molecule has 32 heavy (non-hydrogen) atoms. The molecule has 0 radical (unpaired) electrons. The van der Waals surface area contributed by atoms with Gasteiger partial charge in [-0.25, -0.2) is 23.1 Å². The number of alkyl halides is 2. The van der Waals surface area contributed by atoms with Crippen LogP contribution in [0.2, 0.25) is 0 Å². The number of hydrogen-bond acceptors (Lipinski definition) is 5. The quantitative estimate of drug-likeness (QED) is 0.557. The van der Waals surface area contributed by atoms with Crippen molar-refractivity contribution in [3.05, 3.63) is 88.5 Å². The van der Waals surface area contributed by atoms with Crippen molar-refractivity contribution >= 4 is 17.7 Å². The number of rotatable bonds is 6. The van der Waals surface area contributed by atoms with E-state index in [0.29, 0.717) is 23.6 Å². The van der Waals surface area contributed by atoms with Crippen molar-refractivity contribution in [2.45, 2.75) is 32.0 Å².